The molecule has 0 fully saturated rings. The SMILES string of the molecule is Cn1ccnc1C(=O)C(C#N)c1c(F)cccc1Cl. The number of halogens is 2. The second kappa shape index (κ2) is 5.21. The molecular weight excluding hydrogens is 269 g/mol. The lowest BCUT2D eigenvalue weighted by atomic mass is 9.95. The molecule has 19 heavy (non-hydrogen) atoms. The van der Waals surface area contributed by atoms with Crippen molar-refractivity contribution in [3.8, 4) is 6.07 Å². The van der Waals surface area contributed by atoms with Crippen LogP contribution in [0.2, 0.25) is 5.02 Å². The molecule has 0 aliphatic rings. The summed E-state index contributed by atoms with van der Waals surface area (Å²) in [6.07, 6.45) is 3.01. The lowest BCUT2D eigenvalue weighted by Crippen LogP contribution is -2.17. The maximum atomic E-state index is 13.8. The van der Waals surface area contributed by atoms with Crippen molar-refractivity contribution in [1.29, 1.82) is 5.26 Å². The molecule has 0 saturated carbocycles. The molecule has 0 radical (unpaired) electrons. The molecule has 2 rings (SSSR count). The lowest BCUT2D eigenvalue weighted by molar-refractivity contribution is 0.0964. The third-order valence-electron chi connectivity index (χ3n) is 2.72. The van der Waals surface area contributed by atoms with Gasteiger partial charge in [-0.15, -0.1) is 0 Å². The standard InChI is InChI=1S/C13H9ClFN3O/c1-18-6-5-17-13(18)12(19)8(7-16)11-9(14)3-2-4-10(11)15/h2-6,8H,1H3. The van der Waals surface area contributed by atoms with Crippen LogP contribution in [-0.2, 0) is 7.05 Å². The quantitative estimate of drug-likeness (QED) is 0.811. The van der Waals surface area contributed by atoms with Crippen molar-refractivity contribution < 1.29 is 9.18 Å². The highest BCUT2D eigenvalue weighted by Crippen LogP contribution is 2.29. The van der Waals surface area contributed by atoms with Crippen molar-refractivity contribution in [2.24, 2.45) is 7.05 Å². The molecule has 96 valence electrons. The van der Waals surface area contributed by atoms with Crippen LogP contribution in [0.25, 0.3) is 0 Å². The Hall–Kier alpha value is -2.19. The molecule has 1 atom stereocenters. The van der Waals surface area contributed by atoms with E-state index in [1.54, 1.807) is 19.3 Å². The van der Waals surface area contributed by atoms with Gasteiger partial charge in [0.15, 0.2) is 5.82 Å². The number of carbonyl (C=O) groups excluding carboxylic acids is 1. The fourth-order valence-electron chi connectivity index (χ4n) is 1.77. The molecule has 1 heterocycles. The first-order valence-electron chi connectivity index (χ1n) is 5.41. The average Bonchev–Trinajstić information content (AvgIpc) is 2.79. The van der Waals surface area contributed by atoms with Crippen LogP contribution < -0.4 is 0 Å². The van der Waals surface area contributed by atoms with Crippen molar-refractivity contribution >= 4 is 17.4 Å². The van der Waals surface area contributed by atoms with E-state index in [1.807, 2.05) is 0 Å². The molecule has 6 heteroatoms. The van der Waals surface area contributed by atoms with Gasteiger partial charge in [-0.2, -0.15) is 5.26 Å². The minimum Gasteiger partial charge on any atom is -0.332 e. The molecule has 0 spiro atoms. The topological polar surface area (TPSA) is 58.7 Å². The minimum atomic E-state index is -1.31. The van der Waals surface area contributed by atoms with Gasteiger partial charge in [-0.25, -0.2) is 9.37 Å². The highest BCUT2D eigenvalue weighted by atomic mass is 35.5. The summed E-state index contributed by atoms with van der Waals surface area (Å²) in [7, 11) is 1.62. The summed E-state index contributed by atoms with van der Waals surface area (Å²) in [5, 5.41) is 9.21. The molecule has 2 aromatic rings. The fourth-order valence-corrected chi connectivity index (χ4v) is 2.05. The molecule has 1 unspecified atom stereocenters. The number of carbonyl (C=O) groups is 1. The predicted molar refractivity (Wildman–Crippen MR) is 67.3 cm³/mol. The first-order valence-corrected chi connectivity index (χ1v) is 5.79. The van der Waals surface area contributed by atoms with Gasteiger partial charge in [0, 0.05) is 30.0 Å². The molecular formula is C13H9ClFN3O. The van der Waals surface area contributed by atoms with E-state index in [0.717, 1.165) is 6.07 Å². The Labute approximate surface area is 114 Å². The maximum Gasteiger partial charge on any atom is 0.219 e. The monoisotopic (exact) mass is 277 g/mol. The summed E-state index contributed by atoms with van der Waals surface area (Å²) >= 11 is 5.88. The van der Waals surface area contributed by atoms with Crippen LogP contribution in [0, 0.1) is 17.1 Å². The second-order valence-electron chi connectivity index (χ2n) is 3.92. The van der Waals surface area contributed by atoms with Crippen LogP contribution in [0.1, 0.15) is 22.1 Å². The van der Waals surface area contributed by atoms with E-state index in [2.05, 4.69) is 4.98 Å². The van der Waals surface area contributed by atoms with E-state index in [9.17, 15) is 9.18 Å². The Morgan fingerprint density at radius 1 is 1.58 bits per heavy atom. The Bertz CT molecular complexity index is 655. The first kappa shape index (κ1) is 13.2. The maximum absolute atomic E-state index is 13.8. The van der Waals surface area contributed by atoms with Gasteiger partial charge in [0.2, 0.25) is 5.78 Å². The van der Waals surface area contributed by atoms with Gasteiger partial charge in [-0.05, 0) is 12.1 Å². The van der Waals surface area contributed by atoms with Crippen molar-refractivity contribution in [1.82, 2.24) is 9.55 Å². The van der Waals surface area contributed by atoms with Crippen LogP contribution >= 0.6 is 11.6 Å². The fraction of sp³-hybridized carbons (Fsp3) is 0.154. The van der Waals surface area contributed by atoms with Crippen LogP contribution in [0.5, 0.6) is 0 Å². The molecule has 0 amide bonds. The van der Waals surface area contributed by atoms with Crippen molar-refractivity contribution in [3.05, 3.63) is 52.8 Å². The number of aryl methyl sites for hydroxylation is 1. The van der Waals surface area contributed by atoms with E-state index in [4.69, 9.17) is 16.9 Å². The number of nitriles is 1. The zero-order chi connectivity index (χ0) is 14.0. The third kappa shape index (κ3) is 2.35. The summed E-state index contributed by atoms with van der Waals surface area (Å²) in [4.78, 5) is 16.1. The van der Waals surface area contributed by atoms with Crippen molar-refractivity contribution in [2.75, 3.05) is 0 Å². The Morgan fingerprint density at radius 3 is 2.84 bits per heavy atom. The number of Topliss-reactive ketones (excluding diaryl/α,β-unsaturated/α-hetero) is 1. The highest BCUT2D eigenvalue weighted by Gasteiger charge is 2.29. The second-order valence-corrected chi connectivity index (χ2v) is 4.33. The average molecular weight is 278 g/mol. The van der Waals surface area contributed by atoms with Crippen molar-refractivity contribution in [3.63, 3.8) is 0 Å². The Kier molecular flexibility index (Phi) is 3.63. The molecule has 0 N–H and O–H groups in total. The number of hydrogen-bond donors (Lipinski definition) is 0. The Balaban J connectivity index is 2.50. The molecule has 1 aromatic carbocycles. The van der Waals surface area contributed by atoms with Gasteiger partial charge >= 0.3 is 0 Å². The Morgan fingerprint density at radius 2 is 2.32 bits per heavy atom. The van der Waals surface area contributed by atoms with Crippen LogP contribution in [0.4, 0.5) is 4.39 Å². The van der Waals surface area contributed by atoms with Crippen LogP contribution in [-0.4, -0.2) is 15.3 Å². The van der Waals surface area contributed by atoms with Crippen LogP contribution in [0.15, 0.2) is 30.6 Å². The number of aromatic nitrogens is 2. The summed E-state index contributed by atoms with van der Waals surface area (Å²) in [6, 6.07) is 5.81. The van der Waals surface area contributed by atoms with Gasteiger partial charge in [-0.1, -0.05) is 17.7 Å². The third-order valence-corrected chi connectivity index (χ3v) is 3.05. The van der Waals surface area contributed by atoms with E-state index >= 15 is 0 Å². The van der Waals surface area contributed by atoms with E-state index < -0.39 is 17.5 Å². The predicted octanol–water partition coefficient (Wildman–Crippen LogP) is 2.70. The normalized spacial score (nSPS) is 11.9. The van der Waals surface area contributed by atoms with E-state index in [1.165, 1.54) is 22.9 Å². The van der Waals surface area contributed by atoms with Gasteiger partial charge in [0.1, 0.15) is 11.7 Å². The molecule has 0 saturated heterocycles. The van der Waals surface area contributed by atoms with E-state index in [0.29, 0.717) is 0 Å². The van der Waals surface area contributed by atoms with Gasteiger partial charge < -0.3 is 4.57 Å². The molecule has 0 bridgehead atoms. The lowest BCUT2D eigenvalue weighted by Gasteiger charge is -2.11. The minimum absolute atomic E-state index is 0.0501. The van der Waals surface area contributed by atoms with Crippen molar-refractivity contribution in [2.45, 2.75) is 5.92 Å². The largest absolute Gasteiger partial charge is 0.332 e. The smallest absolute Gasteiger partial charge is 0.219 e. The number of hydrogen-bond acceptors (Lipinski definition) is 3. The molecule has 1 aromatic heterocycles. The summed E-state index contributed by atoms with van der Waals surface area (Å²) < 4.78 is 15.2. The number of imidazole rings is 1. The number of rotatable bonds is 3. The summed E-state index contributed by atoms with van der Waals surface area (Å²) in [5.41, 5.74) is -0.111. The number of benzene rings is 1. The summed E-state index contributed by atoms with van der Waals surface area (Å²) in [5.74, 6) is -2.48. The zero-order valence-corrected chi connectivity index (χ0v) is 10.7. The van der Waals surface area contributed by atoms with Gasteiger partial charge in [-0.3, -0.25) is 4.79 Å². The molecule has 4 nitrogen and oxygen atoms in total. The van der Waals surface area contributed by atoms with Gasteiger partial charge in [0.05, 0.1) is 6.07 Å². The van der Waals surface area contributed by atoms with E-state index in [-0.39, 0.29) is 16.4 Å². The number of ketones is 1. The zero-order valence-electron chi connectivity index (χ0n) is 9.97. The highest BCUT2D eigenvalue weighted by molar-refractivity contribution is 6.31. The van der Waals surface area contributed by atoms with Gasteiger partial charge in [0.25, 0.3) is 0 Å². The van der Waals surface area contributed by atoms with Crippen LogP contribution in [0.3, 0.4) is 0 Å². The molecule has 0 aliphatic heterocycles. The summed E-state index contributed by atoms with van der Waals surface area (Å²) in [6.45, 7) is 0. The first-order chi connectivity index (χ1) is 9.06. The molecule has 0 aliphatic carbocycles. The number of nitrogens with zero attached hydrogens (tertiary/aromatic N) is 3.